The van der Waals surface area contributed by atoms with Crippen molar-refractivity contribution in [2.24, 2.45) is 0 Å². The molecule has 4 aromatic rings. The number of fused-ring (bicyclic) bond motifs is 2. The first-order valence-electron chi connectivity index (χ1n) is 7.61. The van der Waals surface area contributed by atoms with E-state index in [-0.39, 0.29) is 5.95 Å². The number of aryl methyl sites for hydroxylation is 1. The maximum absolute atomic E-state index is 13.7. The van der Waals surface area contributed by atoms with Crippen LogP contribution in [0.3, 0.4) is 0 Å². The summed E-state index contributed by atoms with van der Waals surface area (Å²) in [6.45, 7) is 1.83. The molecular formula is C17H12FN5O3. The number of carboxylic acid groups (broad SMARTS) is 1. The van der Waals surface area contributed by atoms with Gasteiger partial charge in [-0.05, 0) is 42.8 Å². The Morgan fingerprint density at radius 2 is 2.04 bits per heavy atom. The molecule has 130 valence electrons. The van der Waals surface area contributed by atoms with E-state index in [1.165, 1.54) is 18.2 Å². The molecule has 0 bridgehead atoms. The van der Waals surface area contributed by atoms with Crippen LogP contribution in [-0.2, 0) is 0 Å². The second-order valence-electron chi connectivity index (χ2n) is 5.79. The van der Waals surface area contributed by atoms with E-state index in [1.807, 2.05) is 6.92 Å². The summed E-state index contributed by atoms with van der Waals surface area (Å²) in [7, 11) is 0. The molecule has 0 unspecified atom stereocenters. The average molecular weight is 353 g/mol. The zero-order valence-corrected chi connectivity index (χ0v) is 13.4. The largest absolute Gasteiger partial charge is 0.465 e. The van der Waals surface area contributed by atoms with E-state index in [2.05, 4.69) is 25.5 Å². The lowest BCUT2D eigenvalue weighted by atomic mass is 10.00. The van der Waals surface area contributed by atoms with Crippen molar-refractivity contribution < 1.29 is 14.3 Å². The van der Waals surface area contributed by atoms with Crippen LogP contribution in [0.2, 0.25) is 0 Å². The fourth-order valence-electron chi connectivity index (χ4n) is 2.92. The van der Waals surface area contributed by atoms with Crippen LogP contribution in [0, 0.1) is 12.7 Å². The third kappa shape index (κ3) is 2.55. The van der Waals surface area contributed by atoms with E-state index in [0.29, 0.717) is 33.1 Å². The first-order chi connectivity index (χ1) is 12.4. The smallest absolute Gasteiger partial charge is 0.411 e. The topological polar surface area (TPSA) is 124 Å². The molecule has 0 aliphatic heterocycles. The van der Waals surface area contributed by atoms with Crippen molar-refractivity contribution in [2.75, 3.05) is 5.32 Å². The van der Waals surface area contributed by atoms with Crippen LogP contribution in [0.5, 0.6) is 0 Å². The van der Waals surface area contributed by atoms with Gasteiger partial charge in [-0.15, -0.1) is 0 Å². The van der Waals surface area contributed by atoms with Crippen LogP contribution < -0.4 is 10.9 Å². The summed E-state index contributed by atoms with van der Waals surface area (Å²) in [5.41, 5.74) is 2.59. The van der Waals surface area contributed by atoms with E-state index < -0.39 is 17.5 Å². The van der Waals surface area contributed by atoms with Gasteiger partial charge >= 0.3 is 6.09 Å². The monoisotopic (exact) mass is 353 g/mol. The second-order valence-corrected chi connectivity index (χ2v) is 5.79. The molecule has 2 heterocycles. The first kappa shape index (κ1) is 15.8. The fraction of sp³-hybridized carbons (Fsp3) is 0.0588. The molecule has 0 spiro atoms. The highest BCUT2D eigenvalue weighted by molar-refractivity contribution is 5.97. The van der Waals surface area contributed by atoms with Gasteiger partial charge in [0.2, 0.25) is 5.95 Å². The van der Waals surface area contributed by atoms with Crippen molar-refractivity contribution in [1.29, 1.82) is 0 Å². The normalized spacial score (nSPS) is 11.2. The van der Waals surface area contributed by atoms with Gasteiger partial charge in [-0.1, -0.05) is 0 Å². The highest BCUT2D eigenvalue weighted by Gasteiger charge is 2.15. The Morgan fingerprint density at radius 3 is 2.81 bits per heavy atom. The number of rotatable bonds is 2. The Morgan fingerprint density at radius 1 is 1.23 bits per heavy atom. The standard InChI is InChI=1S/C17H12FN5O3/c1-7-4-12-13(20-16(19-12)21-17(25)26)6-10(7)14-11-5-8(18)2-3-9(11)15(24)23-22-14/h2-6H,1H3,(H,23,24)(H,25,26)(H2,19,20,21). The van der Waals surface area contributed by atoms with Gasteiger partial charge in [0.25, 0.3) is 5.56 Å². The number of nitrogens with zero attached hydrogens (tertiary/aromatic N) is 2. The molecule has 9 heteroatoms. The van der Waals surface area contributed by atoms with Crippen molar-refractivity contribution in [2.45, 2.75) is 6.92 Å². The molecule has 2 aromatic carbocycles. The zero-order valence-electron chi connectivity index (χ0n) is 13.4. The van der Waals surface area contributed by atoms with Gasteiger partial charge in [0.1, 0.15) is 5.82 Å². The van der Waals surface area contributed by atoms with Crippen LogP contribution in [0.4, 0.5) is 15.1 Å². The minimum Gasteiger partial charge on any atom is -0.465 e. The third-order valence-electron chi connectivity index (χ3n) is 4.06. The number of aromatic nitrogens is 4. The number of H-pyrrole nitrogens is 2. The van der Waals surface area contributed by atoms with Crippen LogP contribution >= 0.6 is 0 Å². The third-order valence-corrected chi connectivity index (χ3v) is 4.06. The summed E-state index contributed by atoms with van der Waals surface area (Å²) in [4.78, 5) is 29.8. The van der Waals surface area contributed by atoms with E-state index in [0.717, 1.165) is 5.56 Å². The number of benzene rings is 2. The highest BCUT2D eigenvalue weighted by Crippen LogP contribution is 2.30. The molecule has 0 aliphatic carbocycles. The molecular weight excluding hydrogens is 341 g/mol. The second kappa shape index (κ2) is 5.66. The van der Waals surface area contributed by atoms with Crippen molar-refractivity contribution in [3.8, 4) is 11.3 Å². The van der Waals surface area contributed by atoms with Crippen LogP contribution in [-0.4, -0.2) is 31.4 Å². The average Bonchev–Trinajstić information content (AvgIpc) is 2.94. The molecule has 8 nitrogen and oxygen atoms in total. The number of aromatic amines is 2. The molecule has 0 fully saturated rings. The minimum atomic E-state index is -1.23. The number of hydrogen-bond acceptors (Lipinski definition) is 4. The van der Waals surface area contributed by atoms with Gasteiger partial charge in [0.05, 0.1) is 22.1 Å². The van der Waals surface area contributed by atoms with Gasteiger partial charge in [-0.25, -0.2) is 19.3 Å². The molecule has 0 radical (unpaired) electrons. The molecule has 4 rings (SSSR count). The lowest BCUT2D eigenvalue weighted by Gasteiger charge is -2.08. The molecule has 26 heavy (non-hydrogen) atoms. The van der Waals surface area contributed by atoms with E-state index >= 15 is 0 Å². The Kier molecular flexibility index (Phi) is 3.43. The fourth-order valence-corrected chi connectivity index (χ4v) is 2.92. The molecule has 0 saturated carbocycles. The lowest BCUT2D eigenvalue weighted by Crippen LogP contribution is -2.10. The number of imidazole rings is 1. The first-order valence-corrected chi connectivity index (χ1v) is 7.61. The molecule has 1 amide bonds. The summed E-state index contributed by atoms with van der Waals surface area (Å²) in [6.07, 6.45) is -1.23. The summed E-state index contributed by atoms with van der Waals surface area (Å²) in [5, 5.41) is 18.2. The highest BCUT2D eigenvalue weighted by atomic mass is 19.1. The number of hydrogen-bond donors (Lipinski definition) is 4. The Hall–Kier alpha value is -3.75. The van der Waals surface area contributed by atoms with E-state index in [1.54, 1.807) is 12.1 Å². The van der Waals surface area contributed by atoms with Crippen molar-refractivity contribution >= 4 is 33.8 Å². The summed E-state index contributed by atoms with van der Waals surface area (Å²) in [6, 6.07) is 7.38. The lowest BCUT2D eigenvalue weighted by molar-refractivity contribution is 0.209. The zero-order chi connectivity index (χ0) is 18.4. The number of anilines is 1. The van der Waals surface area contributed by atoms with Crippen molar-refractivity contribution in [3.05, 3.63) is 52.1 Å². The summed E-state index contributed by atoms with van der Waals surface area (Å²) >= 11 is 0. The Bertz CT molecular complexity index is 1240. The number of nitrogens with one attached hydrogen (secondary N) is 3. The Balaban J connectivity index is 1.97. The maximum Gasteiger partial charge on any atom is 0.411 e. The van der Waals surface area contributed by atoms with E-state index in [9.17, 15) is 14.0 Å². The van der Waals surface area contributed by atoms with E-state index in [4.69, 9.17) is 5.11 Å². The summed E-state index contributed by atoms with van der Waals surface area (Å²) < 4.78 is 13.7. The number of carbonyl (C=O) groups is 1. The quantitative estimate of drug-likeness (QED) is 0.441. The van der Waals surface area contributed by atoms with Gasteiger partial charge in [0, 0.05) is 10.9 Å². The number of halogens is 1. The SMILES string of the molecule is Cc1cc2[nH]c(NC(=O)O)nc2cc1-c1n[nH]c(=O)c2ccc(F)cc12. The van der Waals surface area contributed by atoms with Crippen LogP contribution in [0.25, 0.3) is 33.1 Å². The van der Waals surface area contributed by atoms with Gasteiger partial charge < -0.3 is 10.1 Å². The minimum absolute atomic E-state index is 0.0920. The van der Waals surface area contributed by atoms with Crippen molar-refractivity contribution in [3.63, 3.8) is 0 Å². The molecule has 0 atom stereocenters. The van der Waals surface area contributed by atoms with Crippen LogP contribution in [0.1, 0.15) is 5.56 Å². The van der Waals surface area contributed by atoms with Crippen LogP contribution in [0.15, 0.2) is 35.1 Å². The predicted octanol–water partition coefficient (Wildman–Crippen LogP) is 3.00. The Labute approximate surface area is 144 Å². The molecule has 0 saturated heterocycles. The maximum atomic E-state index is 13.7. The van der Waals surface area contributed by atoms with Crippen molar-refractivity contribution in [1.82, 2.24) is 20.2 Å². The molecule has 2 aromatic heterocycles. The molecule has 0 aliphatic rings. The van der Waals surface area contributed by atoms with Gasteiger partial charge in [0.15, 0.2) is 0 Å². The molecule has 4 N–H and O–H groups in total. The predicted molar refractivity (Wildman–Crippen MR) is 93.8 cm³/mol. The number of amides is 1. The van der Waals surface area contributed by atoms with Gasteiger partial charge in [-0.3, -0.25) is 10.1 Å². The van der Waals surface area contributed by atoms with Gasteiger partial charge in [-0.2, -0.15) is 5.10 Å². The summed E-state index contributed by atoms with van der Waals surface area (Å²) in [5.74, 6) is -0.382.